The number of carbonyl (C=O) groups is 1. The third-order valence-corrected chi connectivity index (χ3v) is 3.13. The number of hydrogen-bond acceptors (Lipinski definition) is 4. The van der Waals surface area contributed by atoms with Gasteiger partial charge in [0.05, 0.1) is 18.7 Å². The van der Waals surface area contributed by atoms with Crippen LogP contribution in [0.3, 0.4) is 0 Å². The second-order valence-corrected chi connectivity index (χ2v) is 4.50. The van der Waals surface area contributed by atoms with Crippen LogP contribution < -0.4 is 4.90 Å². The summed E-state index contributed by atoms with van der Waals surface area (Å²) in [6.45, 7) is 3.04. The maximum absolute atomic E-state index is 13.7. The van der Waals surface area contributed by atoms with Crippen molar-refractivity contribution >= 4 is 11.8 Å². The number of hydrogen-bond donors (Lipinski definition) is 0. The molecule has 4 nitrogen and oxygen atoms in total. The fourth-order valence-corrected chi connectivity index (χ4v) is 2.26. The zero-order valence-corrected chi connectivity index (χ0v) is 10.7. The second-order valence-electron chi connectivity index (χ2n) is 4.50. The first-order valence-electron chi connectivity index (χ1n) is 6.34. The summed E-state index contributed by atoms with van der Waals surface area (Å²) in [6, 6.07) is 0.802. The highest BCUT2D eigenvalue weighted by Gasteiger charge is 2.28. The van der Waals surface area contributed by atoms with E-state index in [1.165, 1.54) is 0 Å². The van der Waals surface area contributed by atoms with Crippen molar-refractivity contribution < 1.29 is 18.3 Å². The molecule has 1 aliphatic heterocycles. The maximum Gasteiger partial charge on any atom is 0.310 e. The third kappa shape index (κ3) is 3.19. The van der Waals surface area contributed by atoms with Gasteiger partial charge in [0.2, 0.25) is 0 Å². The predicted molar refractivity (Wildman–Crippen MR) is 65.7 cm³/mol. The third-order valence-electron chi connectivity index (χ3n) is 3.13. The van der Waals surface area contributed by atoms with E-state index in [9.17, 15) is 13.6 Å². The summed E-state index contributed by atoms with van der Waals surface area (Å²) in [6.07, 6.45) is 2.45. The summed E-state index contributed by atoms with van der Waals surface area (Å²) in [5, 5.41) is 0. The van der Waals surface area contributed by atoms with E-state index >= 15 is 0 Å². The molecule has 1 aromatic heterocycles. The summed E-state index contributed by atoms with van der Waals surface area (Å²) in [5.41, 5.74) is 0. The van der Waals surface area contributed by atoms with Gasteiger partial charge in [-0.1, -0.05) is 0 Å². The summed E-state index contributed by atoms with van der Waals surface area (Å²) in [5.74, 6) is -1.87. The van der Waals surface area contributed by atoms with E-state index in [0.29, 0.717) is 19.7 Å². The summed E-state index contributed by atoms with van der Waals surface area (Å²) < 4.78 is 31.5. The normalized spacial score (nSPS) is 19.3. The molecule has 2 heterocycles. The van der Waals surface area contributed by atoms with E-state index < -0.39 is 11.6 Å². The van der Waals surface area contributed by atoms with Crippen LogP contribution in [0.2, 0.25) is 0 Å². The second kappa shape index (κ2) is 5.95. The van der Waals surface area contributed by atoms with E-state index in [-0.39, 0.29) is 17.7 Å². The monoisotopic (exact) mass is 270 g/mol. The number of pyridine rings is 1. The van der Waals surface area contributed by atoms with Crippen molar-refractivity contribution in [1.29, 1.82) is 0 Å². The number of ether oxygens (including phenoxy) is 1. The van der Waals surface area contributed by atoms with Gasteiger partial charge >= 0.3 is 5.97 Å². The average Bonchev–Trinajstić information content (AvgIpc) is 2.39. The van der Waals surface area contributed by atoms with Gasteiger partial charge in [0.1, 0.15) is 5.82 Å². The van der Waals surface area contributed by atoms with Crippen molar-refractivity contribution in [1.82, 2.24) is 4.98 Å². The molecule has 1 saturated heterocycles. The molecule has 0 aliphatic carbocycles. The van der Waals surface area contributed by atoms with Crippen LogP contribution in [0, 0.1) is 17.6 Å². The first kappa shape index (κ1) is 13.7. The van der Waals surface area contributed by atoms with Crippen molar-refractivity contribution in [2.24, 2.45) is 5.92 Å². The molecule has 0 saturated carbocycles. The smallest absolute Gasteiger partial charge is 0.310 e. The SMILES string of the molecule is CCOC(=O)C1CCCN(c2ncc(F)cc2F)C1. The molecule has 6 heteroatoms. The van der Waals surface area contributed by atoms with Crippen LogP contribution in [-0.4, -0.2) is 30.6 Å². The Morgan fingerprint density at radius 3 is 3.05 bits per heavy atom. The number of aromatic nitrogens is 1. The minimum atomic E-state index is -0.708. The molecule has 1 atom stereocenters. The predicted octanol–water partition coefficient (Wildman–Crippen LogP) is 2.14. The van der Waals surface area contributed by atoms with Crippen molar-refractivity contribution in [2.45, 2.75) is 19.8 Å². The van der Waals surface area contributed by atoms with Gasteiger partial charge in [-0.3, -0.25) is 4.79 Å². The Bertz CT molecular complexity index is 468. The van der Waals surface area contributed by atoms with Gasteiger partial charge in [-0.25, -0.2) is 13.8 Å². The Morgan fingerprint density at radius 2 is 2.37 bits per heavy atom. The lowest BCUT2D eigenvalue weighted by atomic mass is 9.98. The lowest BCUT2D eigenvalue weighted by molar-refractivity contribution is -0.148. The van der Waals surface area contributed by atoms with Crippen LogP contribution in [-0.2, 0) is 9.53 Å². The minimum absolute atomic E-state index is 0.0930. The molecule has 0 N–H and O–H groups in total. The number of carbonyl (C=O) groups excluding carboxylic acids is 1. The number of nitrogens with zero attached hydrogens (tertiary/aromatic N) is 2. The van der Waals surface area contributed by atoms with Crippen molar-refractivity contribution in [2.75, 3.05) is 24.6 Å². The van der Waals surface area contributed by atoms with Crippen LogP contribution in [0.5, 0.6) is 0 Å². The van der Waals surface area contributed by atoms with Gasteiger partial charge in [-0.2, -0.15) is 0 Å². The molecule has 1 aliphatic rings. The molecule has 1 aromatic rings. The maximum atomic E-state index is 13.7. The van der Waals surface area contributed by atoms with E-state index in [0.717, 1.165) is 25.1 Å². The van der Waals surface area contributed by atoms with Crippen LogP contribution in [0.1, 0.15) is 19.8 Å². The molecule has 0 aromatic carbocycles. The van der Waals surface area contributed by atoms with E-state index in [4.69, 9.17) is 4.74 Å². The van der Waals surface area contributed by atoms with Crippen LogP contribution >= 0.6 is 0 Å². The number of anilines is 1. The van der Waals surface area contributed by atoms with Crippen LogP contribution in [0.4, 0.5) is 14.6 Å². The average molecular weight is 270 g/mol. The highest BCUT2D eigenvalue weighted by molar-refractivity contribution is 5.73. The number of piperidine rings is 1. The fraction of sp³-hybridized carbons (Fsp3) is 0.538. The molecule has 1 unspecified atom stereocenters. The van der Waals surface area contributed by atoms with Gasteiger partial charge in [0, 0.05) is 19.2 Å². The molecule has 0 bridgehead atoms. The molecular weight excluding hydrogens is 254 g/mol. The molecule has 19 heavy (non-hydrogen) atoms. The Morgan fingerprint density at radius 1 is 1.58 bits per heavy atom. The lowest BCUT2D eigenvalue weighted by Gasteiger charge is -2.32. The molecule has 0 spiro atoms. The lowest BCUT2D eigenvalue weighted by Crippen LogP contribution is -2.40. The van der Waals surface area contributed by atoms with E-state index in [2.05, 4.69) is 4.98 Å². The standard InChI is InChI=1S/C13H16F2N2O2/c1-2-19-13(18)9-4-3-5-17(8-9)12-11(15)6-10(14)7-16-12/h6-7,9H,2-5,8H2,1H3. The van der Waals surface area contributed by atoms with Crippen molar-refractivity contribution in [3.63, 3.8) is 0 Å². The Hall–Kier alpha value is -1.72. The first-order valence-corrected chi connectivity index (χ1v) is 6.34. The van der Waals surface area contributed by atoms with E-state index in [1.54, 1.807) is 11.8 Å². The van der Waals surface area contributed by atoms with Crippen molar-refractivity contribution in [3.05, 3.63) is 23.9 Å². The first-order chi connectivity index (χ1) is 9.11. The van der Waals surface area contributed by atoms with Gasteiger partial charge in [0.15, 0.2) is 11.6 Å². The molecule has 0 radical (unpaired) electrons. The zero-order chi connectivity index (χ0) is 13.8. The Labute approximate surface area is 110 Å². The number of esters is 1. The Kier molecular flexibility index (Phi) is 4.29. The highest BCUT2D eigenvalue weighted by Crippen LogP contribution is 2.24. The van der Waals surface area contributed by atoms with Crippen LogP contribution in [0.15, 0.2) is 12.3 Å². The Balaban J connectivity index is 2.10. The minimum Gasteiger partial charge on any atom is -0.466 e. The van der Waals surface area contributed by atoms with Gasteiger partial charge in [-0.15, -0.1) is 0 Å². The zero-order valence-electron chi connectivity index (χ0n) is 10.7. The molecule has 0 amide bonds. The van der Waals surface area contributed by atoms with Gasteiger partial charge in [0.25, 0.3) is 0 Å². The number of rotatable bonds is 3. The highest BCUT2D eigenvalue weighted by atomic mass is 19.1. The summed E-state index contributed by atoms with van der Waals surface area (Å²) in [4.78, 5) is 17.1. The van der Waals surface area contributed by atoms with Crippen LogP contribution in [0.25, 0.3) is 0 Å². The molecule has 2 rings (SSSR count). The van der Waals surface area contributed by atoms with Gasteiger partial charge in [-0.05, 0) is 19.8 Å². The summed E-state index contributed by atoms with van der Waals surface area (Å²) in [7, 11) is 0. The molecule has 104 valence electrons. The fourth-order valence-electron chi connectivity index (χ4n) is 2.26. The quantitative estimate of drug-likeness (QED) is 0.789. The van der Waals surface area contributed by atoms with Gasteiger partial charge < -0.3 is 9.64 Å². The summed E-state index contributed by atoms with van der Waals surface area (Å²) >= 11 is 0. The molecule has 1 fully saturated rings. The largest absolute Gasteiger partial charge is 0.466 e. The molecular formula is C13H16F2N2O2. The van der Waals surface area contributed by atoms with E-state index in [1.807, 2.05) is 0 Å². The van der Waals surface area contributed by atoms with Crippen molar-refractivity contribution in [3.8, 4) is 0 Å². The number of halogens is 2. The topological polar surface area (TPSA) is 42.4 Å².